The van der Waals surface area contributed by atoms with Crippen LogP contribution in [0.15, 0.2) is 218 Å². The van der Waals surface area contributed by atoms with Crippen LogP contribution in [0.3, 0.4) is 0 Å². The van der Waals surface area contributed by atoms with Crippen molar-refractivity contribution in [1.29, 1.82) is 0 Å². The monoisotopic (exact) mass is 1040 g/mol. The van der Waals surface area contributed by atoms with Crippen LogP contribution in [-0.2, 0) is 27.1 Å². The van der Waals surface area contributed by atoms with Gasteiger partial charge >= 0.3 is 0 Å². The van der Waals surface area contributed by atoms with Crippen LogP contribution in [0, 0.1) is 0 Å². The van der Waals surface area contributed by atoms with E-state index in [2.05, 4.69) is 288 Å². The second-order valence-electron chi connectivity index (χ2n) is 26.8. The predicted octanol–water partition coefficient (Wildman–Crippen LogP) is 21.6. The first-order chi connectivity index (χ1) is 39.0. The molecule has 11 aromatic carbocycles. The normalized spacial score (nSPS) is 16.5. The van der Waals surface area contributed by atoms with Gasteiger partial charge < -0.3 is 0 Å². The molecule has 0 saturated carbocycles. The molecule has 0 unspecified atom stereocenters. The van der Waals surface area contributed by atoms with Crippen LogP contribution in [0.1, 0.15) is 125 Å². The molecule has 0 spiro atoms. The molecule has 81 heavy (non-hydrogen) atoms. The number of benzene rings is 11. The Balaban J connectivity index is 1.07. The fraction of sp³-hybridized carbons (Fsp3) is 0.185. The number of fused-ring (bicyclic) bond motifs is 15. The average molecular weight is 1040 g/mol. The number of hydrogen-bond donors (Lipinski definition) is 0. The van der Waals surface area contributed by atoms with Gasteiger partial charge in [-0.3, -0.25) is 0 Å². The molecule has 5 aliphatic carbocycles. The third-order valence-electron chi connectivity index (χ3n) is 20.7. The highest BCUT2D eigenvalue weighted by atomic mass is 14.4. The molecule has 11 aromatic rings. The second-order valence-corrected chi connectivity index (χ2v) is 26.8. The lowest BCUT2D eigenvalue weighted by molar-refractivity contribution is 0.660. The second kappa shape index (κ2) is 16.3. The van der Waals surface area contributed by atoms with Crippen LogP contribution in [0.5, 0.6) is 0 Å². The molecule has 16 rings (SSSR count). The van der Waals surface area contributed by atoms with Crippen molar-refractivity contribution in [3.05, 3.63) is 274 Å². The predicted molar refractivity (Wildman–Crippen MR) is 341 cm³/mol. The van der Waals surface area contributed by atoms with E-state index in [1.807, 2.05) is 0 Å². The molecule has 0 radical (unpaired) electrons. The fourth-order valence-corrected chi connectivity index (χ4v) is 16.3. The lowest BCUT2D eigenvalue weighted by Gasteiger charge is -2.29. The van der Waals surface area contributed by atoms with Crippen molar-refractivity contribution in [2.75, 3.05) is 0 Å². The molecule has 5 aliphatic rings. The molecule has 0 bridgehead atoms. The largest absolute Gasteiger partial charge is 0.0619 e. The number of hydrogen-bond acceptors (Lipinski definition) is 0. The highest BCUT2D eigenvalue weighted by Gasteiger charge is 2.42. The highest BCUT2D eigenvalue weighted by molar-refractivity contribution is 6.09. The zero-order valence-electron chi connectivity index (χ0n) is 48.3. The summed E-state index contributed by atoms with van der Waals surface area (Å²) in [6.45, 7) is 24.3. The molecule has 0 heterocycles. The third kappa shape index (κ3) is 6.43. The molecular weight excluding hydrogens is 973 g/mol. The molecule has 0 aliphatic heterocycles. The first kappa shape index (κ1) is 48.3. The van der Waals surface area contributed by atoms with Gasteiger partial charge in [0.25, 0.3) is 0 Å². The van der Waals surface area contributed by atoms with E-state index in [4.69, 9.17) is 0 Å². The van der Waals surface area contributed by atoms with E-state index in [9.17, 15) is 0 Å². The maximum atomic E-state index is 2.62. The summed E-state index contributed by atoms with van der Waals surface area (Å²) in [7, 11) is 0. The molecule has 390 valence electrons. The molecule has 0 fully saturated rings. The highest BCUT2D eigenvalue weighted by Crippen LogP contribution is 2.60. The van der Waals surface area contributed by atoms with Gasteiger partial charge in [0.05, 0.1) is 0 Å². The van der Waals surface area contributed by atoms with Crippen molar-refractivity contribution in [3.63, 3.8) is 0 Å². The van der Waals surface area contributed by atoms with Crippen LogP contribution in [0.4, 0.5) is 0 Å². The summed E-state index contributed by atoms with van der Waals surface area (Å²) < 4.78 is 0. The molecule has 0 heteroatoms. The minimum absolute atomic E-state index is 0.187. The van der Waals surface area contributed by atoms with Crippen molar-refractivity contribution in [2.45, 2.75) is 96.3 Å². The van der Waals surface area contributed by atoms with E-state index in [0.29, 0.717) is 0 Å². The van der Waals surface area contributed by atoms with Gasteiger partial charge in [0, 0.05) is 27.1 Å². The van der Waals surface area contributed by atoms with Gasteiger partial charge in [0.15, 0.2) is 0 Å². The van der Waals surface area contributed by atoms with E-state index < -0.39 is 0 Å². The molecule has 0 N–H and O–H groups in total. The van der Waals surface area contributed by atoms with Gasteiger partial charge in [-0.25, -0.2) is 0 Å². The van der Waals surface area contributed by atoms with E-state index >= 15 is 0 Å². The zero-order valence-corrected chi connectivity index (χ0v) is 48.3. The Morgan fingerprint density at radius 1 is 0.160 bits per heavy atom. The lowest BCUT2D eigenvalue weighted by Crippen LogP contribution is -2.15. The minimum atomic E-state index is -0.212. The summed E-state index contributed by atoms with van der Waals surface area (Å²) in [6, 6.07) is 85.4. The smallest absolute Gasteiger partial charge is 0.0159 e. The Morgan fingerprint density at radius 2 is 0.358 bits per heavy atom. The van der Waals surface area contributed by atoms with E-state index in [1.165, 1.54) is 167 Å². The number of rotatable bonds is 5. The van der Waals surface area contributed by atoms with Crippen molar-refractivity contribution in [1.82, 2.24) is 0 Å². The summed E-state index contributed by atoms with van der Waals surface area (Å²) in [6.07, 6.45) is 0. The summed E-state index contributed by atoms with van der Waals surface area (Å²) in [4.78, 5) is 0. The average Bonchev–Trinajstić information content (AvgIpc) is 3.05. The maximum absolute atomic E-state index is 2.62. The Kier molecular flexibility index (Phi) is 9.73. The summed E-state index contributed by atoms with van der Waals surface area (Å²) in [5.41, 5.74) is 38.6. The Morgan fingerprint density at radius 3 is 0.617 bits per heavy atom. The van der Waals surface area contributed by atoms with Gasteiger partial charge in [-0.15, -0.1) is 0 Å². The Labute approximate surface area is 478 Å². The molecule has 0 aromatic heterocycles. The van der Waals surface area contributed by atoms with Crippen LogP contribution in [0.2, 0.25) is 0 Å². The van der Waals surface area contributed by atoms with Crippen LogP contribution >= 0.6 is 0 Å². The third-order valence-corrected chi connectivity index (χ3v) is 20.7. The Hall–Kier alpha value is -8.58. The molecule has 0 amide bonds. The van der Waals surface area contributed by atoms with Gasteiger partial charge in [0.1, 0.15) is 0 Å². The van der Waals surface area contributed by atoms with Crippen molar-refractivity contribution in [3.8, 4) is 111 Å². The Bertz CT molecular complexity index is 4360. The summed E-state index contributed by atoms with van der Waals surface area (Å²) >= 11 is 0. The summed E-state index contributed by atoms with van der Waals surface area (Å²) in [5, 5.41) is 0. The van der Waals surface area contributed by atoms with Gasteiger partial charge in [-0.1, -0.05) is 251 Å². The standard InChI is InChI=1S/C81H66/c1-77(2)64-26-16-11-21-52(64)57-36-31-47(41-69(57)77)62-46-63(48-32-37-58-53-22-12-17-27-65(53)78(3,4)70(58)42-48)75(50-34-39-60-55-24-14-19-29-67(55)80(7,8)72(60)44-50)76(51-35-40-61-56-25-15-20-30-68(56)81(9,10)73(61)45-51)74(62)49-33-38-59-54-23-13-18-28-66(54)79(5,6)71(59)43-49/h11-46H,1-10H3. The fourth-order valence-electron chi connectivity index (χ4n) is 16.3. The van der Waals surface area contributed by atoms with Crippen molar-refractivity contribution < 1.29 is 0 Å². The van der Waals surface area contributed by atoms with Crippen molar-refractivity contribution >= 4 is 0 Å². The lowest BCUT2D eigenvalue weighted by atomic mass is 9.74. The maximum Gasteiger partial charge on any atom is 0.0159 e. The quantitative estimate of drug-likeness (QED) is 0.161. The first-order valence-corrected chi connectivity index (χ1v) is 29.4. The first-order valence-electron chi connectivity index (χ1n) is 29.4. The van der Waals surface area contributed by atoms with Gasteiger partial charge in [0.2, 0.25) is 0 Å². The van der Waals surface area contributed by atoms with Gasteiger partial charge in [-0.2, -0.15) is 0 Å². The molecule has 0 nitrogen and oxygen atoms in total. The van der Waals surface area contributed by atoms with E-state index in [1.54, 1.807) is 0 Å². The van der Waals surface area contributed by atoms with E-state index in [-0.39, 0.29) is 27.1 Å². The molecular formula is C81H66. The zero-order chi connectivity index (χ0) is 55.3. The summed E-state index contributed by atoms with van der Waals surface area (Å²) in [5.74, 6) is 0. The molecule has 0 atom stereocenters. The van der Waals surface area contributed by atoms with E-state index in [0.717, 1.165) is 0 Å². The SMILES string of the molecule is CC1(C)c2ccccc2-c2ccc(-c3cc(-c4ccc5c(c4)C(C)(C)c4ccccc4-5)c(-c4ccc5c(c4)C(C)(C)c4ccccc4-5)c(-c4ccc5c(c4)C(C)(C)c4ccccc4-5)c3-c3ccc4c(c3)C(C)(C)c3ccccc3-4)cc21. The topological polar surface area (TPSA) is 0 Å². The van der Waals surface area contributed by atoms with Crippen LogP contribution in [-0.4, -0.2) is 0 Å². The molecule has 0 saturated heterocycles. The van der Waals surface area contributed by atoms with Crippen LogP contribution in [0.25, 0.3) is 111 Å². The minimum Gasteiger partial charge on any atom is -0.0619 e. The van der Waals surface area contributed by atoms with Gasteiger partial charge in [-0.05, 0) is 203 Å². The van der Waals surface area contributed by atoms with Crippen molar-refractivity contribution in [2.24, 2.45) is 0 Å². The van der Waals surface area contributed by atoms with Crippen LogP contribution < -0.4 is 0 Å².